The molecule has 22 heavy (non-hydrogen) atoms. The molecule has 1 aromatic carbocycles. The van der Waals surface area contributed by atoms with Gasteiger partial charge < -0.3 is 5.32 Å². The van der Waals surface area contributed by atoms with Gasteiger partial charge in [0.2, 0.25) is 0 Å². The van der Waals surface area contributed by atoms with E-state index in [1.54, 1.807) is 23.4 Å². The van der Waals surface area contributed by atoms with Gasteiger partial charge in [0.05, 0.1) is 5.69 Å². The second-order valence-electron chi connectivity index (χ2n) is 4.90. The molecule has 4 nitrogen and oxygen atoms in total. The Bertz CT molecular complexity index is 756. The first-order valence-corrected chi connectivity index (χ1v) is 7.46. The lowest BCUT2D eigenvalue weighted by Crippen LogP contribution is -2.31. The normalized spacial score (nSPS) is 16.2. The predicted octanol–water partition coefficient (Wildman–Crippen LogP) is 2.91. The molecule has 0 spiro atoms. The maximum absolute atomic E-state index is 12.7. The minimum atomic E-state index is -0.144. The molecule has 5 heteroatoms. The highest BCUT2D eigenvalue weighted by atomic mass is 32.1. The Labute approximate surface area is 134 Å². The van der Waals surface area contributed by atoms with Gasteiger partial charge in [0.15, 0.2) is 5.11 Å². The Hall–Kier alpha value is -2.53. The zero-order chi connectivity index (χ0) is 15.5. The van der Waals surface area contributed by atoms with Gasteiger partial charge in [-0.05, 0) is 48.0 Å². The topological polar surface area (TPSA) is 45.2 Å². The number of rotatable bonds is 3. The molecule has 1 amide bonds. The van der Waals surface area contributed by atoms with Crippen LogP contribution in [0, 0.1) is 0 Å². The van der Waals surface area contributed by atoms with Crippen LogP contribution in [0.1, 0.15) is 18.1 Å². The second-order valence-corrected chi connectivity index (χ2v) is 5.28. The first kappa shape index (κ1) is 14.4. The first-order chi connectivity index (χ1) is 10.7. The highest BCUT2D eigenvalue weighted by Crippen LogP contribution is 2.26. The molecule has 1 fully saturated rings. The number of carbonyl (C=O) groups excluding carboxylic acids is 1. The van der Waals surface area contributed by atoms with Gasteiger partial charge in [-0.3, -0.25) is 14.7 Å². The van der Waals surface area contributed by atoms with Crippen molar-refractivity contribution >= 4 is 35.0 Å². The van der Waals surface area contributed by atoms with E-state index in [0.717, 1.165) is 23.2 Å². The molecular weight excluding hydrogens is 294 g/mol. The summed E-state index contributed by atoms with van der Waals surface area (Å²) in [6, 6.07) is 11.5. The smallest absolute Gasteiger partial charge is 0.281 e. The molecule has 0 unspecified atom stereocenters. The van der Waals surface area contributed by atoms with Crippen molar-refractivity contribution in [3.05, 3.63) is 65.6 Å². The van der Waals surface area contributed by atoms with Gasteiger partial charge in [0, 0.05) is 12.4 Å². The average Bonchev–Trinajstić information content (AvgIpc) is 2.82. The SMILES string of the molecule is CCc1ccccc1N1C(=O)/C(=C\c2cccnc2)NC1=S. The number of amides is 1. The summed E-state index contributed by atoms with van der Waals surface area (Å²) < 4.78 is 0. The summed E-state index contributed by atoms with van der Waals surface area (Å²) in [5, 5.41) is 3.40. The molecule has 1 N–H and O–H groups in total. The maximum atomic E-state index is 12.7. The Kier molecular flexibility index (Phi) is 3.98. The number of benzene rings is 1. The van der Waals surface area contributed by atoms with Gasteiger partial charge in [-0.2, -0.15) is 0 Å². The minimum Gasteiger partial charge on any atom is -0.327 e. The lowest BCUT2D eigenvalue weighted by molar-refractivity contribution is -0.113. The van der Waals surface area contributed by atoms with Gasteiger partial charge in [0.1, 0.15) is 5.70 Å². The summed E-state index contributed by atoms with van der Waals surface area (Å²) in [5.74, 6) is -0.144. The molecule has 0 bridgehead atoms. The minimum absolute atomic E-state index is 0.144. The molecule has 2 aromatic rings. The zero-order valence-electron chi connectivity index (χ0n) is 12.1. The van der Waals surface area contributed by atoms with Crippen molar-refractivity contribution in [1.29, 1.82) is 0 Å². The number of carbonyl (C=O) groups is 1. The van der Waals surface area contributed by atoms with E-state index in [2.05, 4.69) is 17.2 Å². The Morgan fingerprint density at radius 3 is 2.82 bits per heavy atom. The summed E-state index contributed by atoms with van der Waals surface area (Å²) in [6.45, 7) is 2.06. The first-order valence-electron chi connectivity index (χ1n) is 7.05. The standard InChI is InChI=1S/C17H15N3OS/c1-2-13-7-3-4-8-15(13)20-16(21)14(19-17(20)22)10-12-6-5-9-18-11-12/h3-11H,2H2,1H3,(H,19,22)/b14-10+. The van der Waals surface area contributed by atoms with Crippen LogP contribution in [-0.4, -0.2) is 16.0 Å². The number of aryl methyl sites for hydroxylation is 1. The number of hydrogen-bond donors (Lipinski definition) is 1. The van der Waals surface area contributed by atoms with Crippen LogP contribution < -0.4 is 10.2 Å². The van der Waals surface area contributed by atoms with Crippen molar-refractivity contribution in [2.75, 3.05) is 4.90 Å². The summed E-state index contributed by atoms with van der Waals surface area (Å²) in [7, 11) is 0. The van der Waals surface area contributed by atoms with E-state index in [-0.39, 0.29) is 5.91 Å². The Morgan fingerprint density at radius 1 is 1.27 bits per heavy atom. The molecule has 1 aliphatic heterocycles. The molecule has 1 saturated heterocycles. The monoisotopic (exact) mass is 309 g/mol. The molecule has 0 saturated carbocycles. The van der Waals surface area contributed by atoms with Crippen molar-refractivity contribution in [2.24, 2.45) is 0 Å². The van der Waals surface area contributed by atoms with Crippen LogP contribution in [0.4, 0.5) is 5.69 Å². The third-order valence-electron chi connectivity index (χ3n) is 3.49. The van der Waals surface area contributed by atoms with Crippen LogP contribution in [0.5, 0.6) is 0 Å². The van der Waals surface area contributed by atoms with Gasteiger partial charge in [-0.1, -0.05) is 31.2 Å². The molecule has 0 aliphatic carbocycles. The fourth-order valence-corrected chi connectivity index (χ4v) is 2.70. The quantitative estimate of drug-likeness (QED) is 0.699. The van der Waals surface area contributed by atoms with E-state index in [1.807, 2.05) is 36.4 Å². The van der Waals surface area contributed by atoms with Crippen molar-refractivity contribution in [3.8, 4) is 0 Å². The van der Waals surface area contributed by atoms with Gasteiger partial charge in [0.25, 0.3) is 5.91 Å². The van der Waals surface area contributed by atoms with Crippen LogP contribution in [0.15, 0.2) is 54.5 Å². The number of thiocarbonyl (C=S) groups is 1. The third-order valence-corrected chi connectivity index (χ3v) is 3.77. The number of aromatic nitrogens is 1. The highest BCUT2D eigenvalue weighted by Gasteiger charge is 2.32. The lowest BCUT2D eigenvalue weighted by atomic mass is 10.1. The highest BCUT2D eigenvalue weighted by molar-refractivity contribution is 7.80. The summed E-state index contributed by atoms with van der Waals surface area (Å²) >= 11 is 5.34. The molecule has 0 atom stereocenters. The van der Waals surface area contributed by atoms with E-state index in [9.17, 15) is 4.79 Å². The summed E-state index contributed by atoms with van der Waals surface area (Å²) in [4.78, 5) is 18.3. The molecular formula is C17H15N3OS. The van der Waals surface area contributed by atoms with E-state index in [4.69, 9.17) is 12.2 Å². The average molecular weight is 309 g/mol. The third kappa shape index (κ3) is 2.63. The van der Waals surface area contributed by atoms with Gasteiger partial charge in [-0.25, -0.2) is 0 Å². The van der Waals surface area contributed by atoms with Crippen LogP contribution in [0.25, 0.3) is 6.08 Å². The molecule has 0 radical (unpaired) electrons. The molecule has 110 valence electrons. The number of para-hydroxylation sites is 1. The Morgan fingerprint density at radius 2 is 2.09 bits per heavy atom. The maximum Gasteiger partial charge on any atom is 0.281 e. The number of hydrogen-bond acceptors (Lipinski definition) is 3. The lowest BCUT2D eigenvalue weighted by Gasteiger charge is -2.17. The van der Waals surface area contributed by atoms with E-state index < -0.39 is 0 Å². The van der Waals surface area contributed by atoms with Crippen LogP contribution >= 0.6 is 12.2 Å². The predicted molar refractivity (Wildman–Crippen MR) is 91.3 cm³/mol. The second kappa shape index (κ2) is 6.07. The molecule has 3 rings (SSSR count). The molecule has 2 heterocycles. The zero-order valence-corrected chi connectivity index (χ0v) is 12.9. The van der Waals surface area contributed by atoms with Crippen LogP contribution in [-0.2, 0) is 11.2 Å². The van der Waals surface area contributed by atoms with Crippen molar-refractivity contribution < 1.29 is 4.79 Å². The van der Waals surface area contributed by atoms with Crippen molar-refractivity contribution in [3.63, 3.8) is 0 Å². The van der Waals surface area contributed by atoms with Crippen LogP contribution in [0.2, 0.25) is 0 Å². The summed E-state index contributed by atoms with van der Waals surface area (Å²) in [6.07, 6.45) is 5.99. The number of nitrogens with zero attached hydrogens (tertiary/aromatic N) is 2. The number of pyridine rings is 1. The van der Waals surface area contributed by atoms with E-state index in [1.165, 1.54) is 0 Å². The van der Waals surface area contributed by atoms with Gasteiger partial charge >= 0.3 is 0 Å². The van der Waals surface area contributed by atoms with Gasteiger partial charge in [-0.15, -0.1) is 0 Å². The van der Waals surface area contributed by atoms with E-state index >= 15 is 0 Å². The Balaban J connectivity index is 1.97. The van der Waals surface area contributed by atoms with E-state index in [0.29, 0.717) is 10.8 Å². The molecule has 1 aromatic heterocycles. The van der Waals surface area contributed by atoms with Crippen molar-refractivity contribution in [1.82, 2.24) is 10.3 Å². The largest absolute Gasteiger partial charge is 0.327 e. The number of anilines is 1. The molecule has 1 aliphatic rings. The van der Waals surface area contributed by atoms with Crippen molar-refractivity contribution in [2.45, 2.75) is 13.3 Å². The fourth-order valence-electron chi connectivity index (χ4n) is 2.41. The summed E-state index contributed by atoms with van der Waals surface area (Å²) in [5.41, 5.74) is 3.24. The number of nitrogens with one attached hydrogen (secondary N) is 1. The fraction of sp³-hybridized carbons (Fsp3) is 0.118. The van der Waals surface area contributed by atoms with Crippen LogP contribution in [0.3, 0.4) is 0 Å².